The van der Waals surface area contributed by atoms with Crippen molar-refractivity contribution in [1.82, 2.24) is 5.32 Å². The second-order valence-corrected chi connectivity index (χ2v) is 4.71. The van der Waals surface area contributed by atoms with E-state index in [0.29, 0.717) is 5.91 Å². The Hall–Kier alpha value is -0.790. The van der Waals surface area contributed by atoms with Crippen LogP contribution in [-0.2, 0) is 4.79 Å². The highest BCUT2D eigenvalue weighted by molar-refractivity contribution is 5.92. The molecule has 0 aromatic rings. The summed E-state index contributed by atoms with van der Waals surface area (Å²) < 4.78 is 0. The Morgan fingerprint density at radius 3 is 2.69 bits per heavy atom. The zero-order valence-corrected chi connectivity index (χ0v) is 7.81. The number of hydrogen-bond acceptors (Lipinski definition) is 1. The fourth-order valence-corrected chi connectivity index (χ4v) is 3.43. The highest BCUT2D eigenvalue weighted by Gasteiger charge is 2.65. The lowest BCUT2D eigenvalue weighted by molar-refractivity contribution is -0.163. The first-order valence-electron chi connectivity index (χ1n) is 5.27. The smallest absolute Gasteiger partial charge is 0.229 e. The van der Waals surface area contributed by atoms with Crippen LogP contribution in [0.4, 0.5) is 0 Å². The van der Waals surface area contributed by atoms with Gasteiger partial charge in [-0.1, -0.05) is 25.0 Å². The second-order valence-electron chi connectivity index (χ2n) is 4.71. The number of hydrogen-bond donors (Lipinski definition) is 1. The minimum Gasteiger partial charge on any atom is -0.349 e. The zero-order chi connectivity index (χ0) is 8.94. The van der Waals surface area contributed by atoms with E-state index < -0.39 is 0 Å². The van der Waals surface area contributed by atoms with E-state index >= 15 is 0 Å². The van der Waals surface area contributed by atoms with Crippen molar-refractivity contribution in [2.24, 2.45) is 5.41 Å². The van der Waals surface area contributed by atoms with E-state index in [0.717, 1.165) is 19.3 Å². The summed E-state index contributed by atoms with van der Waals surface area (Å²) in [6, 6.07) is 0. The number of β-lactam (4-membered cyclic amide) rings is 1. The van der Waals surface area contributed by atoms with Gasteiger partial charge in [-0.2, -0.15) is 0 Å². The van der Waals surface area contributed by atoms with E-state index in [1.807, 2.05) is 0 Å². The molecule has 0 bridgehead atoms. The predicted molar refractivity (Wildman–Crippen MR) is 50.1 cm³/mol. The Balaban J connectivity index is 2.04. The Morgan fingerprint density at radius 1 is 1.15 bits per heavy atom. The molecule has 2 nitrogen and oxygen atoms in total. The van der Waals surface area contributed by atoms with Crippen LogP contribution < -0.4 is 5.32 Å². The molecule has 0 aromatic carbocycles. The first-order chi connectivity index (χ1) is 6.29. The topological polar surface area (TPSA) is 29.1 Å². The average Bonchev–Trinajstić information content (AvgIpc) is 2.15. The fourth-order valence-electron chi connectivity index (χ4n) is 3.43. The number of allylic oxidation sites excluding steroid dienone is 1. The fraction of sp³-hybridized carbons (Fsp3) is 0.727. The molecule has 70 valence electrons. The van der Waals surface area contributed by atoms with Crippen LogP contribution in [0.5, 0.6) is 0 Å². The second kappa shape index (κ2) is 2.17. The molecule has 0 spiro atoms. The third-order valence-corrected chi connectivity index (χ3v) is 4.26. The SMILES string of the molecule is O=C1N[C@@]23CC=CC[C@]12CCCC3. The molecule has 2 aliphatic carbocycles. The lowest BCUT2D eigenvalue weighted by atomic mass is 9.50. The van der Waals surface area contributed by atoms with E-state index in [9.17, 15) is 4.79 Å². The van der Waals surface area contributed by atoms with Gasteiger partial charge in [0.1, 0.15) is 0 Å². The number of carbonyl (C=O) groups excluding carboxylic acids is 1. The van der Waals surface area contributed by atoms with Gasteiger partial charge in [0.15, 0.2) is 0 Å². The summed E-state index contributed by atoms with van der Waals surface area (Å²) >= 11 is 0. The van der Waals surface area contributed by atoms with Crippen molar-refractivity contribution in [2.45, 2.75) is 44.1 Å². The third kappa shape index (κ3) is 0.687. The van der Waals surface area contributed by atoms with E-state index in [1.165, 1.54) is 19.3 Å². The quantitative estimate of drug-likeness (QED) is 0.443. The first kappa shape index (κ1) is 7.60. The Morgan fingerprint density at radius 2 is 1.92 bits per heavy atom. The minimum atomic E-state index is 0.0139. The highest BCUT2D eigenvalue weighted by Crippen LogP contribution is 2.56. The van der Waals surface area contributed by atoms with E-state index in [1.54, 1.807) is 0 Å². The van der Waals surface area contributed by atoms with Crippen LogP contribution in [0.1, 0.15) is 38.5 Å². The van der Waals surface area contributed by atoms with Crippen LogP contribution in [0.25, 0.3) is 0 Å². The van der Waals surface area contributed by atoms with Gasteiger partial charge >= 0.3 is 0 Å². The molecule has 2 fully saturated rings. The van der Waals surface area contributed by atoms with Gasteiger partial charge in [0.2, 0.25) is 5.91 Å². The molecular weight excluding hydrogens is 162 g/mol. The van der Waals surface area contributed by atoms with Gasteiger partial charge in [-0.05, 0) is 25.7 Å². The summed E-state index contributed by atoms with van der Waals surface area (Å²) in [5.74, 6) is 0.316. The lowest BCUT2D eigenvalue weighted by Crippen LogP contribution is -2.77. The van der Waals surface area contributed by atoms with Crippen molar-refractivity contribution >= 4 is 5.91 Å². The van der Waals surface area contributed by atoms with E-state index in [2.05, 4.69) is 17.5 Å². The van der Waals surface area contributed by atoms with Gasteiger partial charge in [0, 0.05) is 0 Å². The summed E-state index contributed by atoms with van der Waals surface area (Å²) in [5.41, 5.74) is 0.192. The number of rotatable bonds is 0. The van der Waals surface area contributed by atoms with Gasteiger partial charge in [-0.3, -0.25) is 4.79 Å². The maximum atomic E-state index is 11.7. The van der Waals surface area contributed by atoms with Crippen LogP contribution in [0.2, 0.25) is 0 Å². The van der Waals surface area contributed by atoms with Crippen molar-refractivity contribution in [3.8, 4) is 0 Å². The van der Waals surface area contributed by atoms with Crippen molar-refractivity contribution in [1.29, 1.82) is 0 Å². The van der Waals surface area contributed by atoms with Gasteiger partial charge in [0.25, 0.3) is 0 Å². The van der Waals surface area contributed by atoms with Gasteiger partial charge < -0.3 is 5.32 Å². The van der Waals surface area contributed by atoms with Crippen LogP contribution >= 0.6 is 0 Å². The van der Waals surface area contributed by atoms with Crippen LogP contribution in [-0.4, -0.2) is 11.4 Å². The van der Waals surface area contributed by atoms with E-state index in [-0.39, 0.29) is 11.0 Å². The number of carbonyl (C=O) groups is 1. The maximum absolute atomic E-state index is 11.7. The van der Waals surface area contributed by atoms with Gasteiger partial charge in [-0.15, -0.1) is 0 Å². The van der Waals surface area contributed by atoms with Crippen molar-refractivity contribution in [3.05, 3.63) is 12.2 Å². The largest absolute Gasteiger partial charge is 0.349 e. The highest BCUT2D eigenvalue weighted by atomic mass is 16.2. The maximum Gasteiger partial charge on any atom is 0.229 e. The number of amides is 1. The molecule has 1 aliphatic heterocycles. The Bertz CT molecular complexity index is 296. The molecule has 1 amide bonds. The molecule has 1 saturated heterocycles. The van der Waals surface area contributed by atoms with Crippen molar-refractivity contribution in [3.63, 3.8) is 0 Å². The number of nitrogens with one attached hydrogen (secondary N) is 1. The molecular formula is C11H15NO. The third-order valence-electron chi connectivity index (χ3n) is 4.26. The van der Waals surface area contributed by atoms with Gasteiger partial charge in [0.05, 0.1) is 11.0 Å². The molecule has 1 saturated carbocycles. The molecule has 3 rings (SSSR count). The minimum absolute atomic E-state index is 0.0139. The normalized spacial score (nSPS) is 47.2. The van der Waals surface area contributed by atoms with Crippen molar-refractivity contribution < 1.29 is 4.79 Å². The van der Waals surface area contributed by atoms with Crippen molar-refractivity contribution in [2.75, 3.05) is 0 Å². The predicted octanol–water partition coefficient (Wildman–Crippen LogP) is 1.77. The molecule has 0 unspecified atom stereocenters. The molecule has 13 heavy (non-hydrogen) atoms. The summed E-state index contributed by atoms with van der Waals surface area (Å²) in [5, 5.41) is 3.16. The van der Waals surface area contributed by atoms with Gasteiger partial charge in [-0.25, -0.2) is 0 Å². The van der Waals surface area contributed by atoms with E-state index in [4.69, 9.17) is 0 Å². The molecule has 3 aliphatic rings. The summed E-state index contributed by atoms with van der Waals surface area (Å²) in [7, 11) is 0. The molecule has 1 heterocycles. The first-order valence-corrected chi connectivity index (χ1v) is 5.27. The van der Waals surface area contributed by atoms with Crippen LogP contribution in [0.15, 0.2) is 12.2 Å². The monoisotopic (exact) mass is 177 g/mol. The van der Waals surface area contributed by atoms with Crippen LogP contribution in [0.3, 0.4) is 0 Å². The molecule has 2 atom stereocenters. The average molecular weight is 177 g/mol. The summed E-state index contributed by atoms with van der Waals surface area (Å²) in [6.45, 7) is 0. The lowest BCUT2D eigenvalue weighted by Gasteiger charge is -2.62. The Kier molecular flexibility index (Phi) is 1.27. The molecule has 1 N–H and O–H groups in total. The summed E-state index contributed by atoms with van der Waals surface area (Å²) in [4.78, 5) is 11.7. The summed E-state index contributed by atoms with van der Waals surface area (Å²) in [6.07, 6.45) is 11.3. The molecule has 2 heteroatoms. The van der Waals surface area contributed by atoms with Crippen LogP contribution in [0, 0.1) is 5.41 Å². The molecule has 0 radical (unpaired) electrons. The zero-order valence-electron chi connectivity index (χ0n) is 7.81. The standard InChI is InChI=1S/C11H15NO/c13-9-10-5-1-3-7-11(10,12-9)8-4-2-6-10/h1,3H,2,4-8H2,(H,12,13)/t10-,11+/m0/s1. The Labute approximate surface area is 78.4 Å². The molecule has 0 aromatic heterocycles.